The Bertz CT molecular complexity index is 1110. The van der Waals surface area contributed by atoms with Crippen molar-refractivity contribution in [2.24, 2.45) is 5.10 Å². The molecule has 174 valence electrons. The summed E-state index contributed by atoms with van der Waals surface area (Å²) in [5, 5.41) is 4.00. The van der Waals surface area contributed by atoms with Crippen molar-refractivity contribution in [2.45, 2.75) is 4.90 Å². The molecule has 0 aliphatic heterocycles. The lowest BCUT2D eigenvalue weighted by atomic mass is 10.2. The zero-order valence-corrected chi connectivity index (χ0v) is 19.8. The molecule has 0 radical (unpaired) electrons. The number of ether oxygens (including phenoxy) is 4. The largest absolute Gasteiger partial charge is 0.495 e. The topological polar surface area (TPSA) is 116 Å². The van der Waals surface area contributed by atoms with Crippen molar-refractivity contribution in [3.8, 4) is 23.0 Å². The molecule has 0 saturated carbocycles. The van der Waals surface area contributed by atoms with Crippen molar-refractivity contribution in [1.82, 2.24) is 9.73 Å². The molecule has 0 spiro atoms. The van der Waals surface area contributed by atoms with E-state index in [0.717, 1.165) is 4.31 Å². The number of carbonyl (C=O) groups is 1. The van der Waals surface area contributed by atoms with Gasteiger partial charge >= 0.3 is 0 Å². The summed E-state index contributed by atoms with van der Waals surface area (Å²) in [5.41, 5.74) is 2.80. The Morgan fingerprint density at radius 1 is 1.03 bits per heavy atom. The van der Waals surface area contributed by atoms with E-state index in [1.807, 2.05) is 0 Å². The number of nitrogens with one attached hydrogen (secondary N) is 1. The first-order valence-corrected chi connectivity index (χ1v) is 10.9. The number of methoxy groups -OCH3 is 4. The van der Waals surface area contributed by atoms with Crippen LogP contribution in [0.4, 0.5) is 0 Å². The second-order valence-electron chi connectivity index (χ2n) is 6.27. The number of sulfonamides is 1. The van der Waals surface area contributed by atoms with Crippen molar-refractivity contribution in [1.29, 1.82) is 0 Å². The van der Waals surface area contributed by atoms with Gasteiger partial charge < -0.3 is 18.9 Å². The highest BCUT2D eigenvalue weighted by molar-refractivity contribution is 7.89. The lowest BCUT2D eigenvalue weighted by Gasteiger charge is -2.17. The molecule has 1 amide bonds. The summed E-state index contributed by atoms with van der Waals surface area (Å²) in [6, 6.07) is 7.36. The monoisotopic (exact) mass is 485 g/mol. The van der Waals surface area contributed by atoms with Crippen LogP contribution in [0.15, 0.2) is 40.3 Å². The third kappa shape index (κ3) is 5.61. The fourth-order valence-electron chi connectivity index (χ4n) is 2.71. The zero-order chi connectivity index (χ0) is 23.9. The number of rotatable bonds is 10. The van der Waals surface area contributed by atoms with E-state index in [1.165, 1.54) is 59.9 Å². The van der Waals surface area contributed by atoms with E-state index in [1.54, 1.807) is 12.1 Å². The van der Waals surface area contributed by atoms with Gasteiger partial charge in [0.15, 0.2) is 11.5 Å². The highest BCUT2D eigenvalue weighted by atomic mass is 35.5. The number of benzene rings is 2. The third-order valence-corrected chi connectivity index (χ3v) is 6.42. The first-order chi connectivity index (χ1) is 15.2. The van der Waals surface area contributed by atoms with Crippen molar-refractivity contribution in [3.05, 3.63) is 40.9 Å². The van der Waals surface area contributed by atoms with Gasteiger partial charge in [0.1, 0.15) is 5.75 Å². The Balaban J connectivity index is 2.09. The van der Waals surface area contributed by atoms with Crippen LogP contribution in [0.1, 0.15) is 5.56 Å². The van der Waals surface area contributed by atoms with E-state index < -0.39 is 22.5 Å². The lowest BCUT2D eigenvalue weighted by molar-refractivity contribution is -0.121. The predicted octanol–water partition coefficient (Wildman–Crippen LogP) is 2.15. The predicted molar refractivity (Wildman–Crippen MR) is 120 cm³/mol. The summed E-state index contributed by atoms with van der Waals surface area (Å²) < 4.78 is 47.1. The molecule has 0 bridgehead atoms. The minimum Gasteiger partial charge on any atom is -0.495 e. The van der Waals surface area contributed by atoms with Gasteiger partial charge in [-0.1, -0.05) is 11.6 Å². The van der Waals surface area contributed by atoms with Crippen LogP contribution < -0.4 is 24.4 Å². The molecule has 1 N–H and O–H groups in total. The summed E-state index contributed by atoms with van der Waals surface area (Å²) in [4.78, 5) is 12.1. The zero-order valence-electron chi connectivity index (χ0n) is 18.2. The lowest BCUT2D eigenvalue weighted by Crippen LogP contribution is -2.36. The third-order valence-electron chi connectivity index (χ3n) is 4.33. The smallest absolute Gasteiger partial charge is 0.255 e. The summed E-state index contributed by atoms with van der Waals surface area (Å²) in [5.74, 6) is 0.892. The molecular formula is C20H24ClN3O7S. The highest BCUT2D eigenvalue weighted by Crippen LogP contribution is 2.39. The SMILES string of the molecule is COc1ccc(S(=O)(=O)N(C)CC(=O)NN=Cc2ccc(OC)c(OC)c2OC)cc1Cl. The summed E-state index contributed by atoms with van der Waals surface area (Å²) in [6.45, 7) is -0.466. The van der Waals surface area contributed by atoms with E-state index in [2.05, 4.69) is 10.5 Å². The number of hydrogen-bond acceptors (Lipinski definition) is 8. The van der Waals surface area contributed by atoms with Gasteiger partial charge in [-0.3, -0.25) is 4.79 Å². The maximum atomic E-state index is 12.7. The molecule has 2 aromatic carbocycles. The number of amides is 1. The minimum atomic E-state index is -3.96. The fourth-order valence-corrected chi connectivity index (χ4v) is 4.19. The number of likely N-dealkylation sites (N-methyl/N-ethyl adjacent to an activating group) is 1. The molecule has 2 rings (SSSR count). The number of hydrazone groups is 1. The van der Waals surface area contributed by atoms with Crippen LogP contribution in [0.25, 0.3) is 0 Å². The Labute approximate surface area is 191 Å². The summed E-state index contributed by atoms with van der Waals surface area (Å²) in [6.07, 6.45) is 1.34. The van der Waals surface area contributed by atoms with E-state index in [9.17, 15) is 13.2 Å². The van der Waals surface area contributed by atoms with E-state index in [0.29, 0.717) is 28.6 Å². The molecule has 32 heavy (non-hydrogen) atoms. The Morgan fingerprint density at radius 2 is 1.66 bits per heavy atom. The normalized spacial score (nSPS) is 11.5. The van der Waals surface area contributed by atoms with E-state index in [4.69, 9.17) is 30.5 Å². The van der Waals surface area contributed by atoms with Gasteiger partial charge in [-0.25, -0.2) is 13.8 Å². The van der Waals surface area contributed by atoms with Crippen molar-refractivity contribution in [2.75, 3.05) is 42.0 Å². The van der Waals surface area contributed by atoms with Gasteiger partial charge in [-0.2, -0.15) is 9.41 Å². The molecule has 0 atom stereocenters. The molecule has 12 heteroatoms. The molecule has 0 unspecified atom stereocenters. The average molecular weight is 486 g/mol. The van der Waals surface area contributed by atoms with Crippen LogP contribution in [-0.4, -0.2) is 66.9 Å². The number of nitrogens with zero attached hydrogens (tertiary/aromatic N) is 2. The van der Waals surface area contributed by atoms with Crippen LogP contribution in [0, 0.1) is 0 Å². The Morgan fingerprint density at radius 3 is 2.22 bits per heavy atom. The van der Waals surface area contributed by atoms with Gasteiger partial charge in [0.05, 0.1) is 51.1 Å². The molecule has 0 fully saturated rings. The van der Waals surface area contributed by atoms with Crippen LogP contribution in [0.2, 0.25) is 5.02 Å². The number of carbonyl (C=O) groups excluding carboxylic acids is 1. The molecule has 2 aromatic rings. The number of hydrogen-bond donors (Lipinski definition) is 1. The van der Waals surface area contributed by atoms with Gasteiger partial charge in [-0.15, -0.1) is 0 Å². The van der Waals surface area contributed by atoms with E-state index >= 15 is 0 Å². The fraction of sp³-hybridized carbons (Fsp3) is 0.300. The summed E-state index contributed by atoms with van der Waals surface area (Å²) in [7, 11) is 3.16. The molecular weight excluding hydrogens is 462 g/mol. The highest BCUT2D eigenvalue weighted by Gasteiger charge is 2.24. The van der Waals surface area contributed by atoms with E-state index in [-0.39, 0.29) is 9.92 Å². The first kappa shape index (κ1) is 25.2. The van der Waals surface area contributed by atoms with Crippen LogP contribution >= 0.6 is 11.6 Å². The van der Waals surface area contributed by atoms with Gasteiger partial charge in [-0.05, 0) is 30.3 Å². The molecule has 10 nitrogen and oxygen atoms in total. The maximum Gasteiger partial charge on any atom is 0.255 e. The van der Waals surface area contributed by atoms with Gasteiger partial charge in [0.2, 0.25) is 15.8 Å². The Hall–Kier alpha value is -3.02. The van der Waals surface area contributed by atoms with Crippen LogP contribution in [0.3, 0.4) is 0 Å². The van der Waals surface area contributed by atoms with Crippen molar-refractivity contribution < 1.29 is 32.2 Å². The van der Waals surface area contributed by atoms with Crippen LogP contribution in [0.5, 0.6) is 23.0 Å². The molecule has 0 aliphatic rings. The second-order valence-corrected chi connectivity index (χ2v) is 8.73. The van der Waals surface area contributed by atoms with Crippen molar-refractivity contribution in [3.63, 3.8) is 0 Å². The quantitative estimate of drug-likeness (QED) is 0.405. The molecule has 0 heterocycles. The average Bonchev–Trinajstić information content (AvgIpc) is 2.78. The second kappa shape index (κ2) is 11.0. The Kier molecular flexibility index (Phi) is 8.70. The molecule has 0 aliphatic carbocycles. The molecule has 0 aromatic heterocycles. The van der Waals surface area contributed by atoms with Gasteiger partial charge in [0.25, 0.3) is 5.91 Å². The summed E-state index contributed by atoms with van der Waals surface area (Å²) >= 11 is 6.00. The van der Waals surface area contributed by atoms with Crippen LogP contribution in [-0.2, 0) is 14.8 Å². The minimum absolute atomic E-state index is 0.0721. The number of halogens is 1. The molecule has 0 saturated heterocycles. The maximum absolute atomic E-state index is 12.7. The first-order valence-electron chi connectivity index (χ1n) is 9.10. The van der Waals surface area contributed by atoms with Gasteiger partial charge in [0, 0.05) is 12.6 Å². The standard InChI is InChI=1S/C20H24ClN3O7S/c1-24(32(26,27)14-7-9-16(28-2)15(21)10-14)12-18(25)23-22-11-13-6-8-17(29-3)20(31-5)19(13)30-4/h6-11H,12H2,1-5H3,(H,23,25). The van der Waals surface area contributed by atoms with Crippen molar-refractivity contribution >= 4 is 33.7 Å².